The Bertz CT molecular complexity index is 1220. The Balaban J connectivity index is 1.34. The summed E-state index contributed by atoms with van der Waals surface area (Å²) < 4.78 is 17.0. The van der Waals surface area contributed by atoms with E-state index < -0.39 is 47.2 Å². The molecule has 11 heteroatoms. The second-order valence-electron chi connectivity index (χ2n) is 10.0. The largest absolute Gasteiger partial charge is 0.504 e. The van der Waals surface area contributed by atoms with Crippen LogP contribution in [0.3, 0.4) is 0 Å². The SMILES string of the molecule is C[C@H](O)C(=O)NCCC(=O)O[C@@H](C)C(=O)OC1=CC[C@@]2(O)[C@H]3Cc4ccc(O)c5c4[C@@]2(C=CN3C)[C@H]1O5. The smallest absolute Gasteiger partial charge is 0.352 e. The molecule has 1 spiro atoms. The normalized spacial score (nSPS) is 29.9. The zero-order valence-electron chi connectivity index (χ0n) is 20.8. The number of phenols is 1. The van der Waals surface area contributed by atoms with Crippen LogP contribution in [-0.4, -0.2) is 81.6 Å². The number of aliphatic hydroxyl groups excluding tert-OH is 1. The summed E-state index contributed by atoms with van der Waals surface area (Å²) in [6.45, 7) is 2.61. The van der Waals surface area contributed by atoms with Crippen molar-refractivity contribution < 1.29 is 43.9 Å². The van der Waals surface area contributed by atoms with Gasteiger partial charge in [0.2, 0.25) is 5.91 Å². The quantitative estimate of drug-likeness (QED) is 0.370. The van der Waals surface area contributed by atoms with Crippen molar-refractivity contribution in [2.45, 2.75) is 68.5 Å². The van der Waals surface area contributed by atoms with Crippen molar-refractivity contribution in [3.05, 3.63) is 47.4 Å². The number of aromatic hydroxyl groups is 1. The predicted octanol–water partition coefficient (Wildman–Crippen LogP) is 0.156. The zero-order chi connectivity index (χ0) is 26.7. The van der Waals surface area contributed by atoms with Gasteiger partial charge < -0.3 is 39.7 Å². The molecule has 4 aliphatic rings. The summed E-state index contributed by atoms with van der Waals surface area (Å²) in [5.74, 6) is -1.82. The van der Waals surface area contributed by atoms with E-state index in [9.17, 15) is 29.7 Å². The molecule has 6 atom stereocenters. The fourth-order valence-corrected chi connectivity index (χ4v) is 5.91. The van der Waals surface area contributed by atoms with E-state index in [4.69, 9.17) is 14.2 Å². The van der Waals surface area contributed by atoms with E-state index in [1.54, 1.807) is 12.1 Å². The standard InChI is InChI=1S/C26H30N2O9/c1-13(29)23(32)27-10-7-19(31)35-14(2)24(33)36-17-6-8-26(34)18-12-15-4-5-16(30)21-20(15)25(26,22(17)37-21)9-11-28(18)3/h4-6,9,11,13-14,18,22,29-30,34H,7-8,10,12H2,1-3H3,(H,27,32)/t13-,14-,18+,22-,25-,26+/m0/s1. The molecule has 1 amide bonds. The van der Waals surface area contributed by atoms with Crippen molar-refractivity contribution in [2.75, 3.05) is 13.6 Å². The monoisotopic (exact) mass is 514 g/mol. The van der Waals surface area contributed by atoms with Gasteiger partial charge in [0.25, 0.3) is 0 Å². The minimum Gasteiger partial charge on any atom is -0.504 e. The van der Waals surface area contributed by atoms with Gasteiger partial charge in [-0.1, -0.05) is 12.1 Å². The maximum Gasteiger partial charge on any atom is 0.352 e. The summed E-state index contributed by atoms with van der Waals surface area (Å²) in [6, 6.07) is 3.14. The minimum absolute atomic E-state index is 0.0570. The summed E-state index contributed by atoms with van der Waals surface area (Å²) in [4.78, 5) is 38.3. The number of hydrogen-bond donors (Lipinski definition) is 4. The van der Waals surface area contributed by atoms with Crippen LogP contribution < -0.4 is 10.1 Å². The van der Waals surface area contributed by atoms with Gasteiger partial charge in [0.1, 0.15) is 17.5 Å². The maximum atomic E-state index is 12.9. The maximum absolute atomic E-state index is 12.9. The molecule has 0 radical (unpaired) electrons. The van der Waals surface area contributed by atoms with E-state index in [1.807, 2.05) is 30.3 Å². The van der Waals surface area contributed by atoms with Gasteiger partial charge in [0.05, 0.1) is 17.9 Å². The molecule has 2 heterocycles. The van der Waals surface area contributed by atoms with E-state index in [2.05, 4.69) is 5.32 Å². The Morgan fingerprint density at radius 1 is 1.30 bits per heavy atom. The summed E-state index contributed by atoms with van der Waals surface area (Å²) in [5.41, 5.74) is -0.699. The lowest BCUT2D eigenvalue weighted by Gasteiger charge is -2.59. The predicted molar refractivity (Wildman–Crippen MR) is 127 cm³/mol. The van der Waals surface area contributed by atoms with Crippen molar-refractivity contribution in [3.8, 4) is 11.5 Å². The number of nitrogens with one attached hydrogen (secondary N) is 1. The second kappa shape index (κ2) is 8.77. The third-order valence-electron chi connectivity index (χ3n) is 7.77. The molecule has 2 bridgehead atoms. The molecule has 5 rings (SSSR count). The number of aliphatic hydroxyl groups is 2. The Hall–Kier alpha value is -3.57. The number of phenolic OH excluding ortho intramolecular Hbond substituents is 1. The second-order valence-corrected chi connectivity index (χ2v) is 10.0. The van der Waals surface area contributed by atoms with Crippen molar-refractivity contribution in [3.63, 3.8) is 0 Å². The van der Waals surface area contributed by atoms with Gasteiger partial charge in [-0.2, -0.15) is 0 Å². The first-order valence-electron chi connectivity index (χ1n) is 12.2. The number of amides is 1. The van der Waals surface area contributed by atoms with Crippen LogP contribution in [0.25, 0.3) is 0 Å². The number of hydrogen-bond acceptors (Lipinski definition) is 10. The topological polar surface area (TPSA) is 155 Å². The molecule has 2 aliphatic carbocycles. The number of nitrogens with zero attached hydrogens (tertiary/aromatic N) is 1. The van der Waals surface area contributed by atoms with Crippen LogP contribution >= 0.6 is 0 Å². The third kappa shape index (κ3) is 3.67. The molecule has 0 saturated heterocycles. The number of esters is 2. The Kier molecular flexibility index (Phi) is 5.95. The lowest BCUT2D eigenvalue weighted by molar-refractivity contribution is -0.167. The van der Waals surface area contributed by atoms with E-state index >= 15 is 0 Å². The number of likely N-dealkylation sites (N-methyl/N-ethyl adjacent to an activating group) is 1. The van der Waals surface area contributed by atoms with Gasteiger partial charge >= 0.3 is 11.9 Å². The first-order valence-corrected chi connectivity index (χ1v) is 12.2. The lowest BCUT2D eigenvalue weighted by atomic mass is 9.52. The molecule has 4 N–H and O–H groups in total. The van der Waals surface area contributed by atoms with Crippen molar-refractivity contribution >= 4 is 17.8 Å². The van der Waals surface area contributed by atoms with Gasteiger partial charge in [-0.15, -0.1) is 0 Å². The molecule has 0 saturated carbocycles. The van der Waals surface area contributed by atoms with Crippen LogP contribution in [0.4, 0.5) is 0 Å². The minimum atomic E-state index is -1.27. The molecular weight excluding hydrogens is 484 g/mol. The molecule has 198 valence electrons. The van der Waals surface area contributed by atoms with E-state index in [1.165, 1.54) is 13.8 Å². The summed E-state index contributed by atoms with van der Waals surface area (Å²) in [5, 5.41) is 34.2. The van der Waals surface area contributed by atoms with Crippen LogP contribution in [-0.2, 0) is 35.7 Å². The van der Waals surface area contributed by atoms with Gasteiger partial charge in [-0.05, 0) is 44.2 Å². The molecule has 0 unspecified atom stereocenters. The summed E-state index contributed by atoms with van der Waals surface area (Å²) >= 11 is 0. The van der Waals surface area contributed by atoms with Gasteiger partial charge in [0, 0.05) is 25.6 Å². The zero-order valence-corrected chi connectivity index (χ0v) is 20.8. The molecule has 11 nitrogen and oxygen atoms in total. The average molecular weight is 515 g/mol. The van der Waals surface area contributed by atoms with Crippen molar-refractivity contribution in [1.29, 1.82) is 0 Å². The molecule has 37 heavy (non-hydrogen) atoms. The summed E-state index contributed by atoms with van der Waals surface area (Å²) in [7, 11) is 1.90. The van der Waals surface area contributed by atoms with Crippen LogP contribution in [0, 0.1) is 0 Å². The van der Waals surface area contributed by atoms with E-state index in [0.29, 0.717) is 12.0 Å². The molecule has 0 fully saturated rings. The van der Waals surface area contributed by atoms with Crippen molar-refractivity contribution in [2.24, 2.45) is 0 Å². The highest BCUT2D eigenvalue weighted by molar-refractivity contribution is 5.82. The number of ether oxygens (including phenoxy) is 3. The highest BCUT2D eigenvalue weighted by atomic mass is 16.6. The fourth-order valence-electron chi connectivity index (χ4n) is 5.91. The number of benzene rings is 1. The highest BCUT2D eigenvalue weighted by Gasteiger charge is 2.71. The van der Waals surface area contributed by atoms with Gasteiger partial charge in [-0.25, -0.2) is 4.79 Å². The third-order valence-corrected chi connectivity index (χ3v) is 7.77. The highest BCUT2D eigenvalue weighted by Crippen LogP contribution is 2.64. The number of carbonyl (C=O) groups excluding carboxylic acids is 3. The van der Waals surface area contributed by atoms with E-state index in [-0.39, 0.29) is 42.7 Å². The molecular formula is C26H30N2O9. The van der Waals surface area contributed by atoms with E-state index in [0.717, 1.165) is 5.56 Å². The molecule has 1 aromatic rings. The average Bonchev–Trinajstić information content (AvgIpc) is 3.20. The Labute approximate surface area is 213 Å². The number of carbonyl (C=O) groups is 3. The van der Waals surface area contributed by atoms with Crippen molar-refractivity contribution in [1.82, 2.24) is 10.2 Å². The van der Waals surface area contributed by atoms with Crippen LogP contribution in [0.15, 0.2) is 36.2 Å². The first kappa shape index (κ1) is 25.1. The first-order chi connectivity index (χ1) is 17.5. The van der Waals surface area contributed by atoms with Crippen LogP contribution in [0.2, 0.25) is 0 Å². The van der Waals surface area contributed by atoms with Gasteiger partial charge in [-0.3, -0.25) is 9.59 Å². The van der Waals surface area contributed by atoms with Crippen LogP contribution in [0.1, 0.15) is 37.8 Å². The fraction of sp³-hybridized carbons (Fsp3) is 0.500. The van der Waals surface area contributed by atoms with Gasteiger partial charge in [0.15, 0.2) is 23.7 Å². The Morgan fingerprint density at radius 3 is 2.78 bits per heavy atom. The van der Waals surface area contributed by atoms with Crippen LogP contribution in [0.5, 0.6) is 11.5 Å². The molecule has 0 aromatic heterocycles. The molecule has 1 aromatic carbocycles. The summed E-state index contributed by atoms with van der Waals surface area (Å²) in [6.07, 6.45) is 2.53. The number of rotatable bonds is 7. The molecule has 2 aliphatic heterocycles. The lowest BCUT2D eigenvalue weighted by Crippen LogP contribution is -2.71. The Morgan fingerprint density at radius 2 is 2.05 bits per heavy atom.